The van der Waals surface area contributed by atoms with Crippen LogP contribution < -0.4 is 5.69 Å². The van der Waals surface area contributed by atoms with Gasteiger partial charge in [-0.25, -0.2) is 9.48 Å². The molecule has 0 N–H and O–H groups in total. The number of nitrogens with zero attached hydrogens (tertiary/aromatic N) is 3. The molecule has 2 rings (SSSR count). The van der Waals surface area contributed by atoms with Crippen molar-refractivity contribution in [2.24, 2.45) is 0 Å². The van der Waals surface area contributed by atoms with E-state index in [4.69, 9.17) is 0 Å². The normalized spacial score (nSPS) is 16.4. The van der Waals surface area contributed by atoms with Gasteiger partial charge in [0.1, 0.15) is 5.82 Å². The van der Waals surface area contributed by atoms with Crippen molar-refractivity contribution in [3.8, 4) is 0 Å². The van der Waals surface area contributed by atoms with Crippen LogP contribution in [-0.2, 0) is 19.5 Å². The topological polar surface area (TPSA) is 39.8 Å². The van der Waals surface area contributed by atoms with Crippen molar-refractivity contribution in [2.45, 2.75) is 38.8 Å². The van der Waals surface area contributed by atoms with Crippen LogP contribution in [-0.4, -0.2) is 19.7 Å². The molecule has 4 nitrogen and oxygen atoms in total. The predicted octanol–water partition coefficient (Wildman–Crippen LogP) is 1.17. The fraction of sp³-hybridized carbons (Fsp3) is 0.778. The van der Waals surface area contributed by atoms with Crippen LogP contribution in [0.3, 0.4) is 0 Å². The van der Waals surface area contributed by atoms with Crippen LogP contribution in [0.15, 0.2) is 4.79 Å². The van der Waals surface area contributed by atoms with E-state index in [2.05, 4.69) is 21.0 Å². The molecule has 0 bridgehead atoms. The minimum Gasteiger partial charge on any atom is -0.279 e. The van der Waals surface area contributed by atoms with Crippen LogP contribution in [0.2, 0.25) is 0 Å². The number of halogens is 1. The number of aromatic nitrogens is 3. The first-order valence-electron chi connectivity index (χ1n) is 5.05. The highest BCUT2D eigenvalue weighted by molar-refractivity contribution is 9.09. The number of aryl methyl sites for hydroxylation is 2. The second kappa shape index (κ2) is 4.29. The molecule has 14 heavy (non-hydrogen) atoms. The van der Waals surface area contributed by atoms with Crippen LogP contribution >= 0.6 is 15.9 Å². The number of fused-ring (bicyclic) bond motifs is 1. The Morgan fingerprint density at radius 2 is 2.21 bits per heavy atom. The zero-order valence-electron chi connectivity index (χ0n) is 8.08. The van der Waals surface area contributed by atoms with E-state index in [0.717, 1.165) is 37.0 Å². The smallest absolute Gasteiger partial charge is 0.279 e. The van der Waals surface area contributed by atoms with E-state index in [0.29, 0.717) is 6.54 Å². The Hall–Kier alpha value is -0.580. The highest BCUT2D eigenvalue weighted by Gasteiger charge is 2.14. The van der Waals surface area contributed by atoms with Gasteiger partial charge in [0.15, 0.2) is 0 Å². The van der Waals surface area contributed by atoms with Gasteiger partial charge in [-0.3, -0.25) is 4.57 Å². The fourth-order valence-corrected chi connectivity index (χ4v) is 2.19. The average Bonchev–Trinajstić information content (AvgIpc) is 2.41. The molecule has 0 amide bonds. The van der Waals surface area contributed by atoms with E-state index < -0.39 is 0 Å². The molecule has 5 heteroatoms. The second-order valence-corrected chi connectivity index (χ2v) is 4.37. The molecule has 0 atom stereocenters. The van der Waals surface area contributed by atoms with Gasteiger partial charge < -0.3 is 0 Å². The first-order chi connectivity index (χ1) is 6.83. The average molecular weight is 260 g/mol. The van der Waals surface area contributed by atoms with Gasteiger partial charge >= 0.3 is 5.69 Å². The molecule has 78 valence electrons. The first-order valence-corrected chi connectivity index (χ1v) is 6.17. The Morgan fingerprint density at radius 1 is 1.36 bits per heavy atom. The first kappa shape index (κ1) is 9.96. The van der Waals surface area contributed by atoms with E-state index in [9.17, 15) is 4.79 Å². The predicted molar refractivity (Wildman–Crippen MR) is 57.8 cm³/mol. The Labute approximate surface area is 91.0 Å². The second-order valence-electron chi connectivity index (χ2n) is 3.57. The van der Waals surface area contributed by atoms with Gasteiger partial charge in [-0.2, -0.15) is 5.10 Å². The lowest BCUT2D eigenvalue weighted by molar-refractivity contribution is 0.578. The van der Waals surface area contributed by atoms with Gasteiger partial charge in [-0.05, 0) is 12.8 Å². The SMILES string of the molecule is O=c1n(CCBr)nc2n1CCCCC2. The maximum Gasteiger partial charge on any atom is 0.345 e. The summed E-state index contributed by atoms with van der Waals surface area (Å²) in [7, 11) is 0. The summed E-state index contributed by atoms with van der Waals surface area (Å²) in [4.78, 5) is 11.8. The standard InChI is InChI=1S/C9H14BrN3O/c10-5-7-13-9(14)12-6-3-1-2-4-8(12)11-13/h1-7H2. The molecule has 0 fully saturated rings. The Balaban J connectivity index is 2.35. The number of hydrogen-bond donors (Lipinski definition) is 0. The lowest BCUT2D eigenvalue weighted by Crippen LogP contribution is -2.25. The molecule has 1 aliphatic heterocycles. The van der Waals surface area contributed by atoms with Crippen LogP contribution in [0.4, 0.5) is 0 Å². The van der Waals surface area contributed by atoms with Gasteiger partial charge in [0.2, 0.25) is 0 Å². The van der Waals surface area contributed by atoms with Gasteiger partial charge in [-0.1, -0.05) is 22.4 Å². The quantitative estimate of drug-likeness (QED) is 0.749. The monoisotopic (exact) mass is 259 g/mol. The molecule has 1 aromatic heterocycles. The minimum absolute atomic E-state index is 0.0568. The maximum absolute atomic E-state index is 11.8. The molecule has 0 spiro atoms. The third-order valence-electron chi connectivity index (χ3n) is 2.58. The molecule has 1 aromatic rings. The highest BCUT2D eigenvalue weighted by Crippen LogP contribution is 2.10. The van der Waals surface area contributed by atoms with Gasteiger partial charge in [0.25, 0.3) is 0 Å². The van der Waals surface area contributed by atoms with Crippen molar-refractivity contribution in [2.75, 3.05) is 5.33 Å². The number of rotatable bonds is 2. The van der Waals surface area contributed by atoms with Crippen molar-refractivity contribution in [1.29, 1.82) is 0 Å². The van der Waals surface area contributed by atoms with E-state index in [1.54, 1.807) is 4.68 Å². The van der Waals surface area contributed by atoms with Crippen molar-refractivity contribution in [1.82, 2.24) is 14.3 Å². The number of hydrogen-bond acceptors (Lipinski definition) is 2. The third-order valence-corrected chi connectivity index (χ3v) is 2.93. The van der Waals surface area contributed by atoms with Crippen molar-refractivity contribution < 1.29 is 0 Å². The summed E-state index contributed by atoms with van der Waals surface area (Å²) in [6.45, 7) is 1.51. The summed E-state index contributed by atoms with van der Waals surface area (Å²) in [5.41, 5.74) is 0.0568. The lowest BCUT2D eigenvalue weighted by atomic mass is 10.2. The molecular weight excluding hydrogens is 246 g/mol. The Kier molecular flexibility index (Phi) is 3.05. The van der Waals surface area contributed by atoms with Crippen LogP contribution in [0.25, 0.3) is 0 Å². The fourth-order valence-electron chi connectivity index (χ4n) is 1.85. The molecule has 0 saturated carbocycles. The van der Waals surface area contributed by atoms with E-state index in [-0.39, 0.29) is 5.69 Å². The Morgan fingerprint density at radius 3 is 3.00 bits per heavy atom. The molecule has 0 saturated heterocycles. The minimum atomic E-state index is 0.0568. The van der Waals surface area contributed by atoms with Crippen LogP contribution in [0.1, 0.15) is 25.1 Å². The van der Waals surface area contributed by atoms with E-state index in [1.165, 1.54) is 6.42 Å². The third kappa shape index (κ3) is 1.78. The van der Waals surface area contributed by atoms with Crippen LogP contribution in [0, 0.1) is 0 Å². The molecule has 0 aliphatic carbocycles. The van der Waals surface area contributed by atoms with Crippen molar-refractivity contribution >= 4 is 15.9 Å². The lowest BCUT2D eigenvalue weighted by Gasteiger charge is -1.97. The summed E-state index contributed by atoms with van der Waals surface area (Å²) in [5, 5.41) is 5.12. The zero-order chi connectivity index (χ0) is 9.97. The zero-order valence-corrected chi connectivity index (χ0v) is 9.66. The van der Waals surface area contributed by atoms with Gasteiger partial charge in [0.05, 0.1) is 6.54 Å². The maximum atomic E-state index is 11.8. The van der Waals surface area contributed by atoms with Crippen molar-refractivity contribution in [3.63, 3.8) is 0 Å². The van der Waals surface area contributed by atoms with E-state index in [1.807, 2.05) is 4.57 Å². The molecule has 1 aliphatic rings. The Bertz CT molecular complexity index is 369. The molecule has 2 heterocycles. The summed E-state index contributed by atoms with van der Waals surface area (Å²) < 4.78 is 3.39. The summed E-state index contributed by atoms with van der Waals surface area (Å²) in [6, 6.07) is 0. The van der Waals surface area contributed by atoms with Crippen molar-refractivity contribution in [3.05, 3.63) is 16.3 Å². The summed E-state index contributed by atoms with van der Waals surface area (Å²) in [5.74, 6) is 0.966. The highest BCUT2D eigenvalue weighted by atomic mass is 79.9. The molecule has 0 unspecified atom stereocenters. The molecule has 0 radical (unpaired) electrons. The number of alkyl halides is 1. The van der Waals surface area contributed by atoms with Gasteiger partial charge in [0, 0.05) is 18.3 Å². The van der Waals surface area contributed by atoms with E-state index >= 15 is 0 Å². The van der Waals surface area contributed by atoms with Crippen LogP contribution in [0.5, 0.6) is 0 Å². The molecule has 0 aromatic carbocycles. The molecular formula is C9H14BrN3O. The summed E-state index contributed by atoms with van der Waals surface area (Å²) >= 11 is 3.32. The summed E-state index contributed by atoms with van der Waals surface area (Å²) in [6.07, 6.45) is 4.42. The van der Waals surface area contributed by atoms with Gasteiger partial charge in [-0.15, -0.1) is 0 Å². The largest absolute Gasteiger partial charge is 0.345 e.